The lowest BCUT2D eigenvalue weighted by Gasteiger charge is -2.10. The second-order valence-electron chi connectivity index (χ2n) is 2.05. The van der Waals surface area contributed by atoms with E-state index in [1.54, 1.807) is 6.92 Å². The van der Waals surface area contributed by atoms with Gasteiger partial charge >= 0.3 is 6.23 Å². The fourth-order valence-electron chi connectivity index (χ4n) is 0.606. The molecule has 0 aromatic heterocycles. The van der Waals surface area contributed by atoms with E-state index in [-0.39, 0.29) is 6.61 Å². The van der Waals surface area contributed by atoms with Crippen molar-refractivity contribution in [2.45, 2.75) is 19.6 Å². The Kier molecular flexibility index (Phi) is 3.90. The highest BCUT2D eigenvalue weighted by Crippen LogP contribution is 2.07. The van der Waals surface area contributed by atoms with Gasteiger partial charge in [-0.1, -0.05) is 6.92 Å². The van der Waals surface area contributed by atoms with E-state index in [0.29, 0.717) is 6.42 Å². The summed E-state index contributed by atoms with van der Waals surface area (Å²) in [7, 11) is 0. The van der Waals surface area contributed by atoms with Crippen molar-refractivity contribution in [3.05, 3.63) is 10.1 Å². The molecule has 5 nitrogen and oxygen atoms in total. The van der Waals surface area contributed by atoms with Gasteiger partial charge in [0.25, 0.3) is 0 Å². The van der Waals surface area contributed by atoms with Crippen LogP contribution in [0.1, 0.15) is 13.3 Å². The number of hydrogen-bond acceptors (Lipinski definition) is 4. The van der Waals surface area contributed by atoms with Gasteiger partial charge in [0.1, 0.15) is 0 Å². The first-order valence-electron chi connectivity index (χ1n) is 3.05. The zero-order valence-electron chi connectivity index (χ0n) is 5.73. The van der Waals surface area contributed by atoms with Crippen LogP contribution in [0.4, 0.5) is 0 Å². The van der Waals surface area contributed by atoms with E-state index in [2.05, 4.69) is 0 Å². The Morgan fingerprint density at radius 2 is 2.20 bits per heavy atom. The second-order valence-corrected chi connectivity index (χ2v) is 2.05. The molecular formula is C5H11NO4. The highest BCUT2D eigenvalue weighted by atomic mass is 16.7. The van der Waals surface area contributed by atoms with Gasteiger partial charge in [0.15, 0.2) is 0 Å². The van der Waals surface area contributed by atoms with Crippen LogP contribution in [0.15, 0.2) is 0 Å². The van der Waals surface area contributed by atoms with Crippen LogP contribution >= 0.6 is 0 Å². The van der Waals surface area contributed by atoms with Crippen LogP contribution in [-0.4, -0.2) is 28.0 Å². The third-order valence-corrected chi connectivity index (χ3v) is 1.40. The summed E-state index contributed by atoms with van der Waals surface area (Å²) < 4.78 is 0. The SMILES string of the molecule is CCC(CO)C(O)[N+](=O)[O-]. The molecule has 2 unspecified atom stereocenters. The number of aliphatic hydroxyl groups excluding tert-OH is 2. The van der Waals surface area contributed by atoms with Gasteiger partial charge in [-0.2, -0.15) is 0 Å². The van der Waals surface area contributed by atoms with Crippen LogP contribution in [0.25, 0.3) is 0 Å². The normalized spacial score (nSPS) is 16.3. The summed E-state index contributed by atoms with van der Waals surface area (Å²) in [5.41, 5.74) is 0. The van der Waals surface area contributed by atoms with Gasteiger partial charge in [0.2, 0.25) is 0 Å². The van der Waals surface area contributed by atoms with Crippen molar-refractivity contribution in [2.75, 3.05) is 6.61 Å². The molecule has 0 radical (unpaired) electrons. The summed E-state index contributed by atoms with van der Waals surface area (Å²) in [6, 6.07) is 0. The maximum absolute atomic E-state index is 9.90. The lowest BCUT2D eigenvalue weighted by molar-refractivity contribution is -0.581. The van der Waals surface area contributed by atoms with Crippen molar-refractivity contribution in [3.63, 3.8) is 0 Å². The monoisotopic (exact) mass is 149 g/mol. The Morgan fingerprint density at radius 1 is 1.70 bits per heavy atom. The third kappa shape index (κ3) is 2.28. The smallest absolute Gasteiger partial charge is 0.318 e. The van der Waals surface area contributed by atoms with E-state index in [1.165, 1.54) is 0 Å². The maximum atomic E-state index is 9.90. The number of nitrogens with zero attached hydrogens (tertiary/aromatic N) is 1. The molecule has 0 fully saturated rings. The molecule has 2 N–H and O–H groups in total. The lowest BCUT2D eigenvalue weighted by Crippen LogP contribution is -2.30. The molecule has 60 valence electrons. The van der Waals surface area contributed by atoms with E-state index in [1.807, 2.05) is 0 Å². The minimum absolute atomic E-state index is 0.349. The zero-order valence-corrected chi connectivity index (χ0v) is 5.73. The largest absolute Gasteiger partial charge is 0.396 e. The van der Waals surface area contributed by atoms with Crippen LogP contribution in [0.3, 0.4) is 0 Å². The molecule has 0 amide bonds. The van der Waals surface area contributed by atoms with Crippen LogP contribution < -0.4 is 0 Å². The summed E-state index contributed by atoms with van der Waals surface area (Å²) in [6.07, 6.45) is -1.23. The fourth-order valence-corrected chi connectivity index (χ4v) is 0.606. The minimum Gasteiger partial charge on any atom is -0.396 e. The van der Waals surface area contributed by atoms with Crippen LogP contribution in [0, 0.1) is 16.0 Å². The summed E-state index contributed by atoms with van der Waals surface area (Å²) >= 11 is 0. The summed E-state index contributed by atoms with van der Waals surface area (Å²) in [5, 5.41) is 27.1. The second kappa shape index (κ2) is 4.19. The molecule has 0 aromatic carbocycles. The maximum Gasteiger partial charge on any atom is 0.318 e. The fraction of sp³-hybridized carbons (Fsp3) is 1.00. The van der Waals surface area contributed by atoms with Crippen molar-refractivity contribution in [1.29, 1.82) is 0 Å². The molecule has 5 heteroatoms. The Hall–Kier alpha value is -0.680. The molecule has 0 spiro atoms. The highest BCUT2D eigenvalue weighted by molar-refractivity contribution is 4.55. The van der Waals surface area contributed by atoms with Crippen molar-refractivity contribution in [1.82, 2.24) is 0 Å². The van der Waals surface area contributed by atoms with E-state index in [0.717, 1.165) is 0 Å². The lowest BCUT2D eigenvalue weighted by atomic mass is 10.1. The molecule has 0 aromatic rings. The quantitative estimate of drug-likeness (QED) is 0.323. The predicted octanol–water partition coefficient (Wildman–Crippen LogP) is -0.400. The molecule has 0 heterocycles. The molecular weight excluding hydrogens is 138 g/mol. The van der Waals surface area contributed by atoms with Crippen LogP contribution in [-0.2, 0) is 0 Å². The van der Waals surface area contributed by atoms with Gasteiger partial charge in [-0.15, -0.1) is 0 Å². The summed E-state index contributed by atoms with van der Waals surface area (Å²) in [5.74, 6) is -0.644. The molecule has 0 saturated carbocycles. The Bertz CT molecular complexity index is 112. The van der Waals surface area contributed by atoms with Gasteiger partial charge in [-0.3, -0.25) is 10.1 Å². The summed E-state index contributed by atoms with van der Waals surface area (Å²) in [6.45, 7) is 1.33. The van der Waals surface area contributed by atoms with Crippen LogP contribution in [0.2, 0.25) is 0 Å². The van der Waals surface area contributed by atoms with Gasteiger partial charge in [0.05, 0.1) is 17.4 Å². The number of hydrogen-bond donors (Lipinski definition) is 2. The van der Waals surface area contributed by atoms with Crippen molar-refractivity contribution in [2.24, 2.45) is 5.92 Å². The number of nitro groups is 1. The van der Waals surface area contributed by atoms with Crippen molar-refractivity contribution in [3.8, 4) is 0 Å². The topological polar surface area (TPSA) is 83.6 Å². The molecule has 10 heavy (non-hydrogen) atoms. The Morgan fingerprint density at radius 3 is 2.30 bits per heavy atom. The average molecular weight is 149 g/mol. The first-order valence-corrected chi connectivity index (χ1v) is 3.05. The van der Waals surface area contributed by atoms with E-state index < -0.39 is 17.1 Å². The highest BCUT2D eigenvalue weighted by Gasteiger charge is 2.25. The predicted molar refractivity (Wildman–Crippen MR) is 33.9 cm³/mol. The molecule has 0 aliphatic rings. The van der Waals surface area contributed by atoms with Gasteiger partial charge in [0, 0.05) is 0 Å². The summed E-state index contributed by atoms with van der Waals surface area (Å²) in [4.78, 5) is 9.10. The number of aliphatic hydroxyl groups is 2. The van der Waals surface area contributed by atoms with Gasteiger partial charge in [-0.05, 0) is 6.42 Å². The first-order chi connectivity index (χ1) is 4.63. The average Bonchev–Trinajstić information content (AvgIpc) is 1.90. The molecule has 0 rings (SSSR count). The zero-order chi connectivity index (χ0) is 8.15. The standard InChI is InChI=1S/C5H11NO4/c1-2-4(3-7)5(8)6(9)10/h4-5,7-8H,2-3H2,1H3. The molecule has 0 aliphatic carbocycles. The van der Waals surface area contributed by atoms with Gasteiger partial charge < -0.3 is 10.2 Å². The van der Waals surface area contributed by atoms with Gasteiger partial charge in [-0.25, -0.2) is 0 Å². The van der Waals surface area contributed by atoms with E-state index in [9.17, 15) is 10.1 Å². The first kappa shape index (κ1) is 9.32. The molecule has 2 atom stereocenters. The van der Waals surface area contributed by atoms with Crippen LogP contribution in [0.5, 0.6) is 0 Å². The third-order valence-electron chi connectivity index (χ3n) is 1.40. The molecule has 0 bridgehead atoms. The Balaban J connectivity index is 3.88. The van der Waals surface area contributed by atoms with Crippen molar-refractivity contribution >= 4 is 0 Å². The van der Waals surface area contributed by atoms with E-state index in [4.69, 9.17) is 10.2 Å². The van der Waals surface area contributed by atoms with Crippen molar-refractivity contribution < 1.29 is 15.1 Å². The number of rotatable bonds is 4. The molecule has 0 aliphatic heterocycles. The minimum atomic E-state index is -1.63. The Labute approximate surface area is 58.4 Å². The molecule has 0 saturated heterocycles. The van der Waals surface area contributed by atoms with E-state index >= 15 is 0 Å².